The molecule has 1 amide bonds. The molecule has 1 unspecified atom stereocenters. The van der Waals surface area contributed by atoms with Gasteiger partial charge in [-0.3, -0.25) is 10.2 Å². The third-order valence-corrected chi connectivity index (χ3v) is 3.52. The molecule has 0 radical (unpaired) electrons. The van der Waals surface area contributed by atoms with Gasteiger partial charge in [0.1, 0.15) is 5.75 Å². The summed E-state index contributed by atoms with van der Waals surface area (Å²) >= 11 is 1.74. The van der Waals surface area contributed by atoms with Crippen LogP contribution in [-0.4, -0.2) is 18.3 Å². The first-order chi connectivity index (χ1) is 8.15. The van der Waals surface area contributed by atoms with Gasteiger partial charge in [0.05, 0.1) is 7.11 Å². The number of hydrogen-bond acceptors (Lipinski definition) is 4. The van der Waals surface area contributed by atoms with Crippen molar-refractivity contribution in [3.05, 3.63) is 24.3 Å². The van der Waals surface area contributed by atoms with Crippen LogP contribution < -0.4 is 16.0 Å². The number of benzene rings is 1. The fourth-order valence-corrected chi connectivity index (χ4v) is 2.35. The summed E-state index contributed by atoms with van der Waals surface area (Å²) in [6.07, 6.45) is 1.26. The van der Waals surface area contributed by atoms with Crippen molar-refractivity contribution < 1.29 is 9.53 Å². The van der Waals surface area contributed by atoms with Crippen LogP contribution in [-0.2, 0) is 4.79 Å². The first-order valence-corrected chi connectivity index (χ1v) is 6.34. The predicted molar refractivity (Wildman–Crippen MR) is 69.9 cm³/mol. The minimum atomic E-state index is -0.118. The summed E-state index contributed by atoms with van der Waals surface area (Å²) < 4.78 is 5.09. The van der Waals surface area contributed by atoms with E-state index in [1.807, 2.05) is 24.3 Å². The topological polar surface area (TPSA) is 64.3 Å². The molecule has 17 heavy (non-hydrogen) atoms. The van der Waals surface area contributed by atoms with Gasteiger partial charge < -0.3 is 4.74 Å². The third-order valence-electron chi connectivity index (χ3n) is 2.34. The van der Waals surface area contributed by atoms with Gasteiger partial charge in [0.15, 0.2) is 0 Å². The lowest BCUT2D eigenvalue weighted by atomic mass is 10.2. The van der Waals surface area contributed by atoms with Gasteiger partial charge in [0, 0.05) is 16.6 Å². The summed E-state index contributed by atoms with van der Waals surface area (Å²) in [5.74, 6) is 5.76. The Morgan fingerprint density at radius 1 is 1.47 bits per heavy atom. The highest BCUT2D eigenvalue weighted by Crippen LogP contribution is 2.27. The molecular weight excluding hydrogens is 236 g/mol. The molecule has 94 valence electrons. The van der Waals surface area contributed by atoms with E-state index in [0.717, 1.165) is 12.2 Å². The second-order valence-corrected chi connectivity index (χ2v) is 5.22. The van der Waals surface area contributed by atoms with Gasteiger partial charge in [-0.05, 0) is 30.7 Å². The molecule has 0 fully saturated rings. The first-order valence-electron chi connectivity index (χ1n) is 5.46. The monoisotopic (exact) mass is 254 g/mol. The molecule has 5 heteroatoms. The third kappa shape index (κ3) is 5.10. The van der Waals surface area contributed by atoms with E-state index >= 15 is 0 Å². The van der Waals surface area contributed by atoms with E-state index in [0.29, 0.717) is 11.7 Å². The molecule has 1 aromatic rings. The van der Waals surface area contributed by atoms with E-state index in [1.54, 1.807) is 18.9 Å². The van der Waals surface area contributed by atoms with Crippen molar-refractivity contribution in [1.82, 2.24) is 5.43 Å². The van der Waals surface area contributed by atoms with Crippen LogP contribution in [0, 0.1) is 0 Å². The Bertz CT molecular complexity index is 354. The number of methoxy groups -OCH3 is 1. The first kappa shape index (κ1) is 13.9. The lowest BCUT2D eigenvalue weighted by Crippen LogP contribution is -2.30. The summed E-state index contributed by atoms with van der Waals surface area (Å²) in [5.41, 5.74) is 2.13. The fourth-order valence-electron chi connectivity index (χ4n) is 1.35. The van der Waals surface area contributed by atoms with Crippen LogP contribution in [0.15, 0.2) is 29.2 Å². The molecule has 0 saturated carbocycles. The highest BCUT2D eigenvalue weighted by Gasteiger charge is 2.07. The second kappa shape index (κ2) is 7.19. The Kier molecular flexibility index (Phi) is 5.86. The molecule has 3 N–H and O–H groups in total. The maximum absolute atomic E-state index is 11.0. The second-order valence-electron chi connectivity index (χ2n) is 3.71. The number of amides is 1. The van der Waals surface area contributed by atoms with Crippen LogP contribution in [0.1, 0.15) is 19.8 Å². The van der Waals surface area contributed by atoms with Gasteiger partial charge >= 0.3 is 0 Å². The summed E-state index contributed by atoms with van der Waals surface area (Å²) in [6.45, 7) is 2.10. The van der Waals surface area contributed by atoms with Crippen molar-refractivity contribution in [2.45, 2.75) is 29.9 Å². The molecule has 0 aromatic heterocycles. The van der Waals surface area contributed by atoms with Crippen LogP contribution >= 0.6 is 11.8 Å². The molecule has 1 atom stereocenters. The SMILES string of the molecule is COc1ccc(SC(C)CCC(=O)NN)cc1. The summed E-state index contributed by atoms with van der Waals surface area (Å²) in [5, 5.41) is 0.376. The lowest BCUT2D eigenvalue weighted by Gasteiger charge is -2.10. The minimum absolute atomic E-state index is 0.118. The van der Waals surface area contributed by atoms with E-state index in [2.05, 4.69) is 12.3 Å². The lowest BCUT2D eigenvalue weighted by molar-refractivity contribution is -0.121. The number of ether oxygens (including phenoxy) is 1. The van der Waals surface area contributed by atoms with Crippen LogP contribution in [0.4, 0.5) is 0 Å². The van der Waals surface area contributed by atoms with E-state index in [4.69, 9.17) is 10.6 Å². The van der Waals surface area contributed by atoms with E-state index in [1.165, 1.54) is 4.90 Å². The Labute approximate surface area is 106 Å². The molecule has 1 rings (SSSR count). The Balaban J connectivity index is 2.39. The Morgan fingerprint density at radius 2 is 2.12 bits per heavy atom. The zero-order valence-electron chi connectivity index (χ0n) is 10.1. The molecule has 0 spiro atoms. The number of hydrazine groups is 1. The van der Waals surface area contributed by atoms with Gasteiger partial charge in [-0.25, -0.2) is 5.84 Å². The van der Waals surface area contributed by atoms with Gasteiger partial charge in [0.25, 0.3) is 0 Å². The molecule has 0 saturated heterocycles. The molecule has 0 bridgehead atoms. The number of carbonyl (C=O) groups excluding carboxylic acids is 1. The normalized spacial score (nSPS) is 11.9. The molecule has 4 nitrogen and oxygen atoms in total. The van der Waals surface area contributed by atoms with E-state index in [9.17, 15) is 4.79 Å². The minimum Gasteiger partial charge on any atom is -0.497 e. The van der Waals surface area contributed by atoms with Crippen molar-refractivity contribution in [3.63, 3.8) is 0 Å². The van der Waals surface area contributed by atoms with Crippen molar-refractivity contribution >= 4 is 17.7 Å². The quantitative estimate of drug-likeness (QED) is 0.352. The van der Waals surface area contributed by atoms with E-state index < -0.39 is 0 Å². The smallest absolute Gasteiger partial charge is 0.233 e. The number of rotatable bonds is 6. The van der Waals surface area contributed by atoms with Crippen LogP contribution in [0.2, 0.25) is 0 Å². The maximum atomic E-state index is 11.0. The van der Waals surface area contributed by atoms with Crippen molar-refractivity contribution in [3.8, 4) is 5.75 Å². The van der Waals surface area contributed by atoms with E-state index in [-0.39, 0.29) is 5.91 Å². The summed E-state index contributed by atoms with van der Waals surface area (Å²) in [4.78, 5) is 12.2. The number of thioether (sulfide) groups is 1. The van der Waals surface area contributed by atoms with Gasteiger partial charge in [-0.15, -0.1) is 11.8 Å². The average Bonchev–Trinajstić information content (AvgIpc) is 2.36. The number of nitrogens with two attached hydrogens (primary N) is 1. The van der Waals surface area contributed by atoms with Gasteiger partial charge in [-0.1, -0.05) is 6.92 Å². The van der Waals surface area contributed by atoms with Crippen molar-refractivity contribution in [2.24, 2.45) is 5.84 Å². The molecular formula is C12H18N2O2S. The number of hydrogen-bond donors (Lipinski definition) is 2. The maximum Gasteiger partial charge on any atom is 0.233 e. The molecule has 1 aromatic carbocycles. The predicted octanol–water partition coefficient (Wildman–Crippen LogP) is 1.95. The molecule has 0 aliphatic heterocycles. The van der Waals surface area contributed by atoms with Crippen LogP contribution in [0.25, 0.3) is 0 Å². The fraction of sp³-hybridized carbons (Fsp3) is 0.417. The summed E-state index contributed by atoms with van der Waals surface area (Å²) in [6, 6.07) is 7.90. The largest absolute Gasteiger partial charge is 0.497 e. The standard InChI is InChI=1S/C12H18N2O2S/c1-9(3-8-12(15)14-13)17-11-6-4-10(16-2)5-7-11/h4-7,9H,3,8,13H2,1-2H3,(H,14,15). The molecule has 0 aliphatic carbocycles. The highest BCUT2D eigenvalue weighted by molar-refractivity contribution is 7.99. The molecule has 0 aliphatic rings. The number of nitrogens with one attached hydrogen (secondary N) is 1. The Hall–Kier alpha value is -1.20. The zero-order chi connectivity index (χ0) is 12.7. The average molecular weight is 254 g/mol. The summed E-state index contributed by atoms with van der Waals surface area (Å²) in [7, 11) is 1.65. The van der Waals surface area contributed by atoms with Crippen molar-refractivity contribution in [1.29, 1.82) is 0 Å². The van der Waals surface area contributed by atoms with Gasteiger partial charge in [-0.2, -0.15) is 0 Å². The number of carbonyl (C=O) groups is 1. The Morgan fingerprint density at radius 3 is 2.65 bits per heavy atom. The zero-order valence-corrected chi connectivity index (χ0v) is 10.9. The van der Waals surface area contributed by atoms with Crippen molar-refractivity contribution in [2.75, 3.05) is 7.11 Å². The van der Waals surface area contributed by atoms with Crippen LogP contribution in [0.3, 0.4) is 0 Å². The highest BCUT2D eigenvalue weighted by atomic mass is 32.2. The molecule has 0 heterocycles. The van der Waals surface area contributed by atoms with Crippen LogP contribution in [0.5, 0.6) is 5.75 Å². The van der Waals surface area contributed by atoms with Gasteiger partial charge in [0.2, 0.25) is 5.91 Å².